The van der Waals surface area contributed by atoms with Gasteiger partial charge in [0.2, 0.25) is 15.9 Å². The summed E-state index contributed by atoms with van der Waals surface area (Å²) in [6.45, 7) is 3.78. The number of methoxy groups -OCH3 is 2. The van der Waals surface area contributed by atoms with Crippen LogP contribution in [0.1, 0.15) is 13.8 Å². The van der Waals surface area contributed by atoms with Gasteiger partial charge in [-0.3, -0.25) is 9.10 Å². The molecule has 1 unspecified atom stereocenters. The Morgan fingerprint density at radius 3 is 2.31 bits per heavy atom. The Morgan fingerprint density at radius 2 is 1.72 bits per heavy atom. The second-order valence-corrected chi connectivity index (χ2v) is 8.05. The van der Waals surface area contributed by atoms with Gasteiger partial charge in [0.15, 0.2) is 11.5 Å². The summed E-state index contributed by atoms with van der Waals surface area (Å²) in [4.78, 5) is 12.9. The fourth-order valence-corrected chi connectivity index (χ4v) is 4.03. The number of hydrogen-bond acceptors (Lipinski definition) is 6. The predicted octanol–water partition coefficient (Wildman–Crippen LogP) is 2.90. The first-order chi connectivity index (χ1) is 13.7. The number of hydrogen-bond donors (Lipinski definition) is 1. The third kappa shape index (κ3) is 5.32. The first kappa shape index (κ1) is 22.4. The van der Waals surface area contributed by atoms with Gasteiger partial charge in [-0.05, 0) is 38.1 Å². The van der Waals surface area contributed by atoms with Crippen LogP contribution in [0.15, 0.2) is 42.5 Å². The highest BCUT2D eigenvalue weighted by molar-refractivity contribution is 7.92. The molecule has 29 heavy (non-hydrogen) atoms. The lowest BCUT2D eigenvalue weighted by atomic mass is 10.2. The number of carbonyl (C=O) groups excluding carboxylic acids is 1. The molecule has 2 aromatic rings. The fraction of sp³-hybridized carbons (Fsp3) is 0.350. The van der Waals surface area contributed by atoms with Gasteiger partial charge >= 0.3 is 0 Å². The summed E-state index contributed by atoms with van der Waals surface area (Å²) in [5, 5.41) is 2.74. The quantitative estimate of drug-likeness (QED) is 0.668. The predicted molar refractivity (Wildman–Crippen MR) is 113 cm³/mol. The molecular formula is C20H26N2O6S. The normalized spacial score (nSPS) is 12.0. The third-order valence-corrected chi connectivity index (χ3v) is 5.40. The van der Waals surface area contributed by atoms with E-state index in [1.54, 1.807) is 36.4 Å². The van der Waals surface area contributed by atoms with Crippen molar-refractivity contribution < 1.29 is 27.4 Å². The van der Waals surface area contributed by atoms with Gasteiger partial charge in [0.1, 0.15) is 11.8 Å². The number of ether oxygens (including phenoxy) is 3. The molecule has 0 aliphatic carbocycles. The molecule has 158 valence electrons. The Kier molecular flexibility index (Phi) is 7.33. The highest BCUT2D eigenvalue weighted by atomic mass is 32.2. The van der Waals surface area contributed by atoms with Crippen molar-refractivity contribution in [2.45, 2.75) is 19.9 Å². The molecule has 0 fully saturated rings. The molecule has 0 radical (unpaired) electrons. The van der Waals surface area contributed by atoms with Gasteiger partial charge in [-0.15, -0.1) is 0 Å². The van der Waals surface area contributed by atoms with Crippen LogP contribution in [0.25, 0.3) is 0 Å². The van der Waals surface area contributed by atoms with E-state index < -0.39 is 22.0 Å². The number of carbonyl (C=O) groups is 1. The molecule has 1 N–H and O–H groups in total. The fourth-order valence-electron chi connectivity index (χ4n) is 2.86. The van der Waals surface area contributed by atoms with Crippen molar-refractivity contribution in [3.05, 3.63) is 42.5 Å². The van der Waals surface area contributed by atoms with Gasteiger partial charge in [0.25, 0.3) is 0 Å². The first-order valence-corrected chi connectivity index (χ1v) is 10.8. The van der Waals surface area contributed by atoms with E-state index in [0.717, 1.165) is 10.6 Å². The largest absolute Gasteiger partial charge is 0.493 e. The maximum absolute atomic E-state index is 12.9. The number of nitrogens with one attached hydrogen (secondary N) is 1. The highest BCUT2D eigenvalue weighted by Gasteiger charge is 2.30. The Balaban J connectivity index is 2.38. The molecule has 0 aliphatic rings. The molecule has 0 saturated heterocycles. The molecular weight excluding hydrogens is 396 g/mol. The van der Waals surface area contributed by atoms with Crippen LogP contribution >= 0.6 is 0 Å². The molecule has 0 aromatic heterocycles. The molecule has 1 amide bonds. The van der Waals surface area contributed by atoms with E-state index in [2.05, 4.69) is 5.32 Å². The second-order valence-electron chi connectivity index (χ2n) is 6.19. The van der Waals surface area contributed by atoms with E-state index in [-0.39, 0.29) is 5.69 Å². The topological polar surface area (TPSA) is 94.2 Å². The summed E-state index contributed by atoms with van der Waals surface area (Å²) in [6, 6.07) is 10.6. The van der Waals surface area contributed by atoms with Gasteiger partial charge in [-0.2, -0.15) is 0 Å². The minimum atomic E-state index is -3.77. The zero-order valence-corrected chi connectivity index (χ0v) is 17.9. The maximum Gasteiger partial charge on any atom is 0.248 e. The van der Waals surface area contributed by atoms with Crippen LogP contribution in [0.4, 0.5) is 11.4 Å². The number of para-hydroxylation sites is 2. The minimum absolute atomic E-state index is 0.283. The standard InChI is InChI=1S/C20H26N2O6S/c1-6-28-17-10-8-7-9-16(17)21-20(23)14(2)22(29(5,24)25)15-11-12-18(26-3)19(13-15)27-4/h7-14H,6H2,1-5H3,(H,21,23). The maximum atomic E-state index is 12.9. The van der Waals surface area contributed by atoms with E-state index in [4.69, 9.17) is 14.2 Å². The number of amides is 1. The summed E-state index contributed by atoms with van der Waals surface area (Å²) in [5.41, 5.74) is 0.748. The number of rotatable bonds is 9. The summed E-state index contributed by atoms with van der Waals surface area (Å²) >= 11 is 0. The van der Waals surface area contributed by atoms with Crippen LogP contribution in [-0.4, -0.2) is 47.4 Å². The van der Waals surface area contributed by atoms with Gasteiger partial charge in [-0.1, -0.05) is 12.1 Å². The van der Waals surface area contributed by atoms with Crippen molar-refractivity contribution in [1.82, 2.24) is 0 Å². The van der Waals surface area contributed by atoms with Gasteiger partial charge in [-0.25, -0.2) is 8.42 Å². The number of sulfonamides is 1. The third-order valence-electron chi connectivity index (χ3n) is 4.15. The molecule has 2 aromatic carbocycles. The number of anilines is 2. The summed E-state index contributed by atoms with van der Waals surface area (Å²) < 4.78 is 42.0. The summed E-state index contributed by atoms with van der Waals surface area (Å²) in [7, 11) is -0.839. The zero-order valence-electron chi connectivity index (χ0n) is 17.1. The second kappa shape index (κ2) is 9.51. The zero-order chi connectivity index (χ0) is 21.6. The Labute approximate surface area is 171 Å². The molecule has 0 heterocycles. The minimum Gasteiger partial charge on any atom is -0.493 e. The first-order valence-electron chi connectivity index (χ1n) is 8.97. The van der Waals surface area contributed by atoms with Gasteiger partial charge < -0.3 is 19.5 Å². The van der Waals surface area contributed by atoms with Crippen LogP contribution < -0.4 is 23.8 Å². The molecule has 0 saturated carbocycles. The lowest BCUT2D eigenvalue weighted by Gasteiger charge is -2.29. The van der Waals surface area contributed by atoms with Crippen molar-refractivity contribution in [3.8, 4) is 17.2 Å². The average molecular weight is 423 g/mol. The summed E-state index contributed by atoms with van der Waals surface area (Å²) in [6.07, 6.45) is 1.04. The van der Waals surface area contributed by atoms with E-state index in [9.17, 15) is 13.2 Å². The van der Waals surface area contributed by atoms with E-state index in [1.807, 2.05) is 6.92 Å². The monoisotopic (exact) mass is 422 g/mol. The average Bonchev–Trinajstić information content (AvgIpc) is 2.68. The molecule has 0 bridgehead atoms. The van der Waals surface area contributed by atoms with Gasteiger partial charge in [0.05, 0.1) is 38.5 Å². The van der Waals surface area contributed by atoms with Gasteiger partial charge in [0, 0.05) is 6.07 Å². The number of nitrogens with zero attached hydrogens (tertiary/aromatic N) is 1. The smallest absolute Gasteiger partial charge is 0.248 e. The molecule has 9 heteroatoms. The van der Waals surface area contributed by atoms with Crippen molar-refractivity contribution in [1.29, 1.82) is 0 Å². The molecule has 1 atom stereocenters. The van der Waals surface area contributed by atoms with Crippen LogP contribution in [0.5, 0.6) is 17.2 Å². The van der Waals surface area contributed by atoms with E-state index in [0.29, 0.717) is 29.5 Å². The van der Waals surface area contributed by atoms with Crippen molar-refractivity contribution in [3.63, 3.8) is 0 Å². The van der Waals surface area contributed by atoms with Crippen LogP contribution in [0.2, 0.25) is 0 Å². The Bertz CT molecular complexity index is 961. The Morgan fingerprint density at radius 1 is 1.07 bits per heavy atom. The number of benzene rings is 2. The lowest BCUT2D eigenvalue weighted by molar-refractivity contribution is -0.116. The van der Waals surface area contributed by atoms with Crippen molar-refractivity contribution >= 4 is 27.3 Å². The van der Waals surface area contributed by atoms with Crippen molar-refractivity contribution in [2.24, 2.45) is 0 Å². The van der Waals surface area contributed by atoms with Crippen LogP contribution in [0, 0.1) is 0 Å². The van der Waals surface area contributed by atoms with Crippen LogP contribution in [0.3, 0.4) is 0 Å². The van der Waals surface area contributed by atoms with Crippen molar-refractivity contribution in [2.75, 3.05) is 36.7 Å². The van der Waals surface area contributed by atoms with E-state index >= 15 is 0 Å². The molecule has 0 spiro atoms. The lowest BCUT2D eigenvalue weighted by Crippen LogP contribution is -2.45. The Hall–Kier alpha value is -2.94. The SMILES string of the molecule is CCOc1ccccc1NC(=O)C(C)N(c1ccc(OC)c(OC)c1)S(C)(=O)=O. The molecule has 8 nitrogen and oxygen atoms in total. The van der Waals surface area contributed by atoms with E-state index in [1.165, 1.54) is 27.2 Å². The summed E-state index contributed by atoms with van der Waals surface area (Å²) in [5.74, 6) is 0.810. The van der Waals surface area contributed by atoms with Crippen LogP contribution in [-0.2, 0) is 14.8 Å². The highest BCUT2D eigenvalue weighted by Crippen LogP contribution is 2.33. The molecule has 0 aliphatic heterocycles. The molecule has 2 rings (SSSR count).